The zero-order chi connectivity index (χ0) is 14.3. The molecule has 0 spiro atoms. The first-order chi connectivity index (χ1) is 9.63. The number of ketones is 1. The van der Waals surface area contributed by atoms with Gasteiger partial charge >= 0.3 is 5.97 Å². The van der Waals surface area contributed by atoms with Gasteiger partial charge in [0.15, 0.2) is 0 Å². The number of hydrogen-bond donors (Lipinski definition) is 2. The van der Waals surface area contributed by atoms with E-state index in [0.717, 1.165) is 0 Å². The highest BCUT2D eigenvalue weighted by Gasteiger charge is 2.33. The summed E-state index contributed by atoms with van der Waals surface area (Å²) >= 11 is 0. The maximum Gasteiger partial charge on any atom is 0.323 e. The molecule has 1 aliphatic rings. The number of carboxylic acids is 1. The first kappa shape index (κ1) is 12.1. The molecule has 0 saturated heterocycles. The average molecular weight is 271 g/mol. The summed E-state index contributed by atoms with van der Waals surface area (Å²) in [4.78, 5) is 27.3. The molecule has 1 aliphatic carbocycles. The molecule has 0 fully saturated rings. The fourth-order valence-electron chi connectivity index (χ4n) is 2.30. The van der Waals surface area contributed by atoms with Crippen LogP contribution in [-0.2, 0) is 11.3 Å². The van der Waals surface area contributed by atoms with Crippen molar-refractivity contribution < 1.29 is 19.9 Å². The zero-order valence-electron chi connectivity index (χ0n) is 10.1. The summed E-state index contributed by atoms with van der Waals surface area (Å²) in [5, 5.41) is 21.2. The number of nitrogens with zero attached hydrogens (tertiary/aromatic N) is 3. The quantitative estimate of drug-likeness (QED) is 0.528. The van der Waals surface area contributed by atoms with Gasteiger partial charge in [0.25, 0.3) is 0 Å². The Morgan fingerprint density at radius 2 is 2.00 bits per heavy atom. The number of imidazole rings is 1. The standard InChI is InChI=1S/C13H9N3O4/c17-9(18)5-16-6-14-11-10(15-20)7-3-1-2-4-8(7)13(19)12(11)16/h1-4,6,20H,5H2,(H,17,18). The normalized spacial score (nSPS) is 15.0. The second-order valence-electron chi connectivity index (χ2n) is 4.29. The Bertz CT molecular complexity index is 761. The van der Waals surface area contributed by atoms with E-state index in [1.54, 1.807) is 24.3 Å². The van der Waals surface area contributed by atoms with Crippen molar-refractivity contribution in [3.8, 4) is 0 Å². The van der Waals surface area contributed by atoms with Crippen molar-refractivity contribution in [2.45, 2.75) is 6.54 Å². The maximum absolute atomic E-state index is 12.4. The molecule has 0 aliphatic heterocycles. The Kier molecular flexibility index (Phi) is 2.60. The Labute approximate surface area is 112 Å². The van der Waals surface area contributed by atoms with Crippen LogP contribution >= 0.6 is 0 Å². The average Bonchev–Trinajstić information content (AvgIpc) is 2.83. The lowest BCUT2D eigenvalue weighted by Gasteiger charge is -2.16. The molecule has 7 nitrogen and oxygen atoms in total. The number of carbonyl (C=O) groups excluding carboxylic acids is 1. The van der Waals surface area contributed by atoms with Crippen LogP contribution in [0.25, 0.3) is 0 Å². The summed E-state index contributed by atoms with van der Waals surface area (Å²) in [6, 6.07) is 6.66. The van der Waals surface area contributed by atoms with E-state index < -0.39 is 5.97 Å². The third kappa shape index (κ3) is 1.60. The van der Waals surface area contributed by atoms with E-state index >= 15 is 0 Å². The third-order valence-corrected chi connectivity index (χ3v) is 3.11. The molecular formula is C13H9N3O4. The fraction of sp³-hybridized carbons (Fsp3) is 0.0769. The largest absolute Gasteiger partial charge is 0.480 e. The SMILES string of the molecule is O=C(O)Cn1cnc2c1C(=O)c1ccccc1C2=NO. The molecule has 0 amide bonds. The number of oxime groups is 1. The maximum atomic E-state index is 12.4. The minimum Gasteiger partial charge on any atom is -0.480 e. The van der Waals surface area contributed by atoms with Gasteiger partial charge in [-0.25, -0.2) is 4.98 Å². The van der Waals surface area contributed by atoms with E-state index in [1.165, 1.54) is 10.9 Å². The van der Waals surface area contributed by atoms with Crippen LogP contribution in [0.15, 0.2) is 35.7 Å². The van der Waals surface area contributed by atoms with Gasteiger partial charge in [-0.1, -0.05) is 29.4 Å². The number of benzene rings is 1. The van der Waals surface area contributed by atoms with Gasteiger partial charge in [-0.3, -0.25) is 9.59 Å². The number of carbonyl (C=O) groups is 2. The number of carboxylic acid groups (broad SMARTS) is 1. The molecule has 1 aromatic heterocycles. The second kappa shape index (κ2) is 4.30. The van der Waals surface area contributed by atoms with E-state index in [0.29, 0.717) is 11.1 Å². The number of aromatic nitrogens is 2. The van der Waals surface area contributed by atoms with E-state index in [-0.39, 0.29) is 29.4 Å². The van der Waals surface area contributed by atoms with Crippen LogP contribution in [0.2, 0.25) is 0 Å². The first-order valence-corrected chi connectivity index (χ1v) is 5.77. The molecule has 0 saturated carbocycles. The Morgan fingerprint density at radius 1 is 1.30 bits per heavy atom. The number of fused-ring (bicyclic) bond motifs is 2. The van der Waals surface area contributed by atoms with Crippen molar-refractivity contribution in [1.82, 2.24) is 9.55 Å². The minimum absolute atomic E-state index is 0.124. The van der Waals surface area contributed by atoms with Crippen molar-refractivity contribution in [1.29, 1.82) is 0 Å². The molecule has 3 rings (SSSR count). The predicted molar refractivity (Wildman–Crippen MR) is 67.2 cm³/mol. The van der Waals surface area contributed by atoms with E-state index in [2.05, 4.69) is 10.1 Å². The summed E-state index contributed by atoms with van der Waals surface area (Å²) in [6.07, 6.45) is 1.26. The fourth-order valence-corrected chi connectivity index (χ4v) is 2.30. The van der Waals surface area contributed by atoms with E-state index in [4.69, 9.17) is 5.11 Å². The monoisotopic (exact) mass is 271 g/mol. The van der Waals surface area contributed by atoms with Gasteiger partial charge in [-0.05, 0) is 0 Å². The van der Waals surface area contributed by atoms with Gasteiger partial charge < -0.3 is 14.9 Å². The first-order valence-electron chi connectivity index (χ1n) is 5.77. The molecule has 0 atom stereocenters. The van der Waals surface area contributed by atoms with Gasteiger partial charge in [-0.2, -0.15) is 0 Å². The second-order valence-corrected chi connectivity index (χ2v) is 4.29. The number of aliphatic carboxylic acids is 1. The molecule has 100 valence electrons. The lowest BCUT2D eigenvalue weighted by molar-refractivity contribution is -0.137. The van der Waals surface area contributed by atoms with Crippen molar-refractivity contribution in [2.24, 2.45) is 5.16 Å². The van der Waals surface area contributed by atoms with Crippen molar-refractivity contribution in [2.75, 3.05) is 0 Å². The Hall–Kier alpha value is -2.96. The van der Waals surface area contributed by atoms with Crippen LogP contribution < -0.4 is 0 Å². The Balaban J connectivity index is 2.25. The van der Waals surface area contributed by atoms with Crippen molar-refractivity contribution >= 4 is 17.5 Å². The van der Waals surface area contributed by atoms with Gasteiger partial charge in [0, 0.05) is 11.1 Å². The highest BCUT2D eigenvalue weighted by Crippen LogP contribution is 2.26. The van der Waals surface area contributed by atoms with Gasteiger partial charge in [0.05, 0.1) is 6.33 Å². The van der Waals surface area contributed by atoms with Gasteiger partial charge in [0.1, 0.15) is 23.6 Å². The smallest absolute Gasteiger partial charge is 0.323 e. The van der Waals surface area contributed by atoms with E-state index in [9.17, 15) is 14.8 Å². The molecule has 20 heavy (non-hydrogen) atoms. The lowest BCUT2D eigenvalue weighted by atomic mass is 9.89. The zero-order valence-corrected chi connectivity index (χ0v) is 10.1. The van der Waals surface area contributed by atoms with Crippen molar-refractivity contribution in [3.63, 3.8) is 0 Å². The molecule has 1 aromatic carbocycles. The summed E-state index contributed by atoms with van der Waals surface area (Å²) in [7, 11) is 0. The molecular weight excluding hydrogens is 262 g/mol. The lowest BCUT2D eigenvalue weighted by Crippen LogP contribution is -2.25. The van der Waals surface area contributed by atoms with Gasteiger partial charge in [-0.15, -0.1) is 0 Å². The molecule has 2 N–H and O–H groups in total. The van der Waals surface area contributed by atoms with Crippen LogP contribution in [-0.4, -0.2) is 37.3 Å². The third-order valence-electron chi connectivity index (χ3n) is 3.11. The molecule has 0 unspecified atom stereocenters. The molecule has 7 heteroatoms. The highest BCUT2D eigenvalue weighted by atomic mass is 16.4. The summed E-state index contributed by atoms with van der Waals surface area (Å²) in [5.41, 5.74) is 1.32. The predicted octanol–water partition coefficient (Wildman–Crippen LogP) is 0.739. The molecule has 1 heterocycles. The van der Waals surface area contributed by atoms with Crippen LogP contribution in [0.4, 0.5) is 0 Å². The van der Waals surface area contributed by atoms with Gasteiger partial charge in [0.2, 0.25) is 5.78 Å². The number of hydrogen-bond acceptors (Lipinski definition) is 5. The minimum atomic E-state index is -1.08. The van der Waals surface area contributed by atoms with Crippen molar-refractivity contribution in [3.05, 3.63) is 53.1 Å². The van der Waals surface area contributed by atoms with Crippen LogP contribution in [0.5, 0.6) is 0 Å². The topological polar surface area (TPSA) is 105 Å². The van der Waals surface area contributed by atoms with E-state index in [1.807, 2.05) is 0 Å². The molecule has 0 bridgehead atoms. The molecule has 2 aromatic rings. The summed E-state index contributed by atoms with van der Waals surface area (Å²) in [5.74, 6) is -1.42. The summed E-state index contributed by atoms with van der Waals surface area (Å²) in [6.45, 7) is -0.380. The summed E-state index contributed by atoms with van der Waals surface area (Å²) < 4.78 is 1.24. The molecule has 0 radical (unpaired) electrons. The van der Waals surface area contributed by atoms with Crippen LogP contribution in [0.3, 0.4) is 0 Å². The number of rotatable bonds is 2. The highest BCUT2D eigenvalue weighted by molar-refractivity contribution is 6.28. The van der Waals surface area contributed by atoms with Crippen LogP contribution in [0.1, 0.15) is 27.3 Å². The van der Waals surface area contributed by atoms with Crippen LogP contribution in [0, 0.1) is 0 Å². The Morgan fingerprint density at radius 3 is 2.65 bits per heavy atom.